The van der Waals surface area contributed by atoms with E-state index in [1.54, 1.807) is 65.0 Å². The number of ketones is 1. The van der Waals surface area contributed by atoms with Gasteiger partial charge in [0.25, 0.3) is 7.41 Å². The molecule has 12 heteroatoms. The molecule has 4 aliphatic rings. The van der Waals surface area contributed by atoms with Crippen LogP contribution in [0.3, 0.4) is 0 Å². The van der Waals surface area contributed by atoms with Gasteiger partial charge in [-0.1, -0.05) is 65.0 Å². The Morgan fingerprint density at radius 3 is 2.40 bits per heavy atom. The second-order valence-corrected chi connectivity index (χ2v) is 14.9. The molecule has 0 unspecified atom stereocenters. The van der Waals surface area contributed by atoms with Gasteiger partial charge in [0.05, 0.1) is 36.0 Å². The van der Waals surface area contributed by atoms with Gasteiger partial charge in [-0.05, 0) is 42.4 Å². The van der Waals surface area contributed by atoms with Crippen LogP contribution in [-0.2, 0) is 33.4 Å². The van der Waals surface area contributed by atoms with E-state index in [4.69, 9.17) is 14.2 Å². The van der Waals surface area contributed by atoms with Gasteiger partial charge in [-0.25, -0.2) is 4.79 Å². The Bertz CT molecular complexity index is 1450. The Labute approximate surface area is 276 Å². The van der Waals surface area contributed by atoms with Crippen LogP contribution in [0.4, 0.5) is 0 Å². The lowest BCUT2D eigenvalue weighted by Gasteiger charge is -2.68. The average Bonchev–Trinajstić information content (AvgIpc) is 3.03. The largest absolute Gasteiger partial charge is 0.461 e. The Kier molecular flexibility index (Phi) is 9.44. The van der Waals surface area contributed by atoms with Crippen LogP contribution in [0.2, 0.25) is 0 Å². The van der Waals surface area contributed by atoms with Gasteiger partial charge in [0.1, 0.15) is 18.3 Å². The van der Waals surface area contributed by atoms with Crippen LogP contribution in [0.25, 0.3) is 0 Å². The van der Waals surface area contributed by atoms with E-state index >= 15 is 0 Å². The highest BCUT2D eigenvalue weighted by Gasteiger charge is 2.73. The van der Waals surface area contributed by atoms with Gasteiger partial charge < -0.3 is 39.6 Å². The Hall–Kier alpha value is -2.90. The van der Waals surface area contributed by atoms with Crippen LogP contribution >= 0.6 is 0 Å². The molecule has 0 spiro atoms. The summed E-state index contributed by atoms with van der Waals surface area (Å²) in [7, 11) is -0.117. The number of nitrogens with one attached hydrogen (secondary N) is 1. The first-order chi connectivity index (χ1) is 22.0. The molecular weight excluding hydrogens is 605 g/mol. The van der Waals surface area contributed by atoms with E-state index in [9.17, 15) is 34.5 Å². The molecule has 0 aromatic heterocycles. The van der Waals surface area contributed by atoms with Crippen molar-refractivity contribution in [2.75, 3.05) is 6.61 Å². The predicted octanol–water partition coefficient (Wildman–Crippen LogP) is 1.94. The van der Waals surface area contributed by atoms with Gasteiger partial charge in [-0.3, -0.25) is 9.59 Å². The molecular formula is C35H48BNO10. The molecule has 11 atom stereocenters. The number of hydrogen-bond acceptors (Lipinski definition) is 11. The van der Waals surface area contributed by atoms with Gasteiger partial charge in [-0.2, -0.15) is 0 Å². The standard InChI is InChI=1S/C35H48BNO10/c1-8-24(39)47-23-14-22-33(6,16-45-22)29-19(3)35(44)15-21(18(2)25(32(35,4)5)27(40)30(42)34(23,29)7)46-31(43)28(41)26(37-36-17-38)20-12-10-9-11-13-20/h9-13,17,19,21-23,26-29,36-37,40-41,44H,8,14-16H2,1-7H3/t19-,21-,22+,23-,26-,27+,28+,29+,33+,34+,35+/m0/s1. The number of aliphatic hydroxyl groups excluding tert-OH is 2. The monoisotopic (exact) mass is 653 g/mol. The molecule has 1 aromatic rings. The first kappa shape index (κ1) is 35.4. The summed E-state index contributed by atoms with van der Waals surface area (Å²) in [4.78, 5) is 52.1. The minimum atomic E-state index is -1.71. The van der Waals surface area contributed by atoms with Crippen LogP contribution in [-0.4, -0.2) is 89.4 Å². The van der Waals surface area contributed by atoms with E-state index in [1.165, 1.54) is 0 Å². The molecule has 1 saturated heterocycles. The number of carbonyl (C=O) groups excluding carboxylic acids is 4. The second-order valence-electron chi connectivity index (χ2n) is 14.9. The number of aliphatic hydroxyl groups is 3. The van der Waals surface area contributed by atoms with Gasteiger partial charge in [0.15, 0.2) is 11.9 Å². The third-order valence-electron chi connectivity index (χ3n) is 12.2. The number of ether oxygens (including phenoxy) is 3. The summed E-state index contributed by atoms with van der Waals surface area (Å²) in [5.74, 6) is -3.18. The van der Waals surface area contributed by atoms with Crippen LogP contribution in [0, 0.1) is 28.1 Å². The number of benzene rings is 1. The summed E-state index contributed by atoms with van der Waals surface area (Å²) in [5.41, 5.74) is -3.49. The van der Waals surface area contributed by atoms with Crippen molar-refractivity contribution in [3.05, 3.63) is 47.0 Å². The fraction of sp³-hybridized carbons (Fsp3) is 0.657. The number of carbonyl (C=O) groups is 4. The van der Waals surface area contributed by atoms with Gasteiger partial charge in [-0.15, -0.1) is 0 Å². The lowest BCUT2D eigenvalue weighted by Crippen LogP contribution is -2.75. The highest BCUT2D eigenvalue weighted by molar-refractivity contribution is 6.64. The van der Waals surface area contributed by atoms with Crippen LogP contribution in [0.5, 0.6) is 0 Å². The molecule has 2 saturated carbocycles. The lowest BCUT2D eigenvalue weighted by molar-refractivity contribution is -0.303. The first-order valence-corrected chi connectivity index (χ1v) is 16.6. The van der Waals surface area contributed by atoms with Crippen molar-refractivity contribution in [3.8, 4) is 0 Å². The van der Waals surface area contributed by atoms with E-state index in [2.05, 4.69) is 5.23 Å². The van der Waals surface area contributed by atoms with E-state index in [0.29, 0.717) is 30.3 Å². The molecule has 2 bridgehead atoms. The van der Waals surface area contributed by atoms with Crippen molar-refractivity contribution in [1.29, 1.82) is 0 Å². The topological polar surface area (TPSA) is 169 Å². The molecule has 3 aliphatic carbocycles. The van der Waals surface area contributed by atoms with Crippen molar-refractivity contribution >= 4 is 31.3 Å². The van der Waals surface area contributed by atoms with E-state index in [1.807, 2.05) is 13.8 Å². The van der Waals surface area contributed by atoms with Gasteiger partial charge in [0.2, 0.25) is 0 Å². The lowest BCUT2D eigenvalue weighted by atomic mass is 9.40. The van der Waals surface area contributed by atoms with Crippen LogP contribution < -0.4 is 5.23 Å². The maximum absolute atomic E-state index is 14.7. The maximum Gasteiger partial charge on any atom is 0.337 e. The number of Topliss-reactive ketones (excluding diaryl/α,β-unsaturated/α-hetero) is 1. The zero-order valence-electron chi connectivity index (χ0n) is 28.3. The quantitative estimate of drug-likeness (QED) is 0.133. The second kappa shape index (κ2) is 12.5. The zero-order chi connectivity index (χ0) is 34.7. The van der Waals surface area contributed by atoms with Gasteiger partial charge in [0, 0.05) is 30.1 Å². The van der Waals surface area contributed by atoms with Crippen molar-refractivity contribution in [2.45, 2.75) is 110 Å². The third-order valence-corrected chi connectivity index (χ3v) is 12.2. The normalized spacial score (nSPS) is 38.7. The summed E-state index contributed by atoms with van der Waals surface area (Å²) in [6.45, 7) is 12.9. The highest BCUT2D eigenvalue weighted by Crippen LogP contribution is 2.67. The molecule has 1 aliphatic heterocycles. The molecule has 256 valence electrons. The third kappa shape index (κ3) is 5.31. The number of rotatable bonds is 9. The SMILES string of the molecule is CCC(=O)O[C@H]1C[C@H]2OC[C@@]2(C)[C@H]2[C@H](C)[C@]3(O)C[C@H](OC(=O)[C@H](O)[C@@H](NBC=O)c4ccccc4)C(C)=C([C@@H](O)C(=O)[C@]12C)C3(C)C. The minimum absolute atomic E-state index is 0.0682. The van der Waals surface area contributed by atoms with E-state index in [-0.39, 0.29) is 31.9 Å². The molecule has 1 aromatic carbocycles. The Morgan fingerprint density at radius 2 is 1.83 bits per heavy atom. The predicted molar refractivity (Wildman–Crippen MR) is 173 cm³/mol. The molecule has 4 N–H and O–H groups in total. The zero-order valence-corrected chi connectivity index (χ0v) is 28.3. The smallest absolute Gasteiger partial charge is 0.337 e. The van der Waals surface area contributed by atoms with Crippen molar-refractivity contribution in [2.24, 2.45) is 28.1 Å². The minimum Gasteiger partial charge on any atom is -0.461 e. The fourth-order valence-electron chi connectivity index (χ4n) is 9.56. The molecule has 1 heterocycles. The Balaban J connectivity index is 1.58. The number of esters is 2. The molecule has 3 fully saturated rings. The van der Waals surface area contributed by atoms with Crippen LogP contribution in [0.1, 0.15) is 79.3 Å². The molecule has 47 heavy (non-hydrogen) atoms. The summed E-state index contributed by atoms with van der Waals surface area (Å²) >= 11 is 0. The average molecular weight is 654 g/mol. The van der Waals surface area contributed by atoms with Crippen LogP contribution in [0.15, 0.2) is 41.5 Å². The maximum atomic E-state index is 14.7. The fourth-order valence-corrected chi connectivity index (χ4v) is 9.56. The van der Waals surface area contributed by atoms with Crippen molar-refractivity contribution in [3.63, 3.8) is 0 Å². The first-order valence-electron chi connectivity index (χ1n) is 16.6. The molecule has 0 radical (unpaired) electrons. The molecule has 0 amide bonds. The number of fused-ring (bicyclic) bond motifs is 5. The van der Waals surface area contributed by atoms with Crippen molar-refractivity contribution < 1.29 is 48.7 Å². The summed E-state index contributed by atoms with van der Waals surface area (Å²) in [6, 6.07) is 7.74. The summed E-state index contributed by atoms with van der Waals surface area (Å²) in [6.07, 6.45) is -4.74. The van der Waals surface area contributed by atoms with E-state index in [0.717, 1.165) is 0 Å². The molecule has 5 rings (SSSR count). The van der Waals surface area contributed by atoms with E-state index < -0.39 is 81.9 Å². The van der Waals surface area contributed by atoms with Gasteiger partial charge >= 0.3 is 11.9 Å². The summed E-state index contributed by atoms with van der Waals surface area (Å²) in [5, 5.41) is 39.1. The van der Waals surface area contributed by atoms with Crippen molar-refractivity contribution in [1.82, 2.24) is 5.23 Å². The molecule has 11 nitrogen and oxygen atoms in total. The highest BCUT2D eigenvalue weighted by atomic mass is 16.6. The number of hydrogen-bond donors (Lipinski definition) is 4. The Morgan fingerprint density at radius 1 is 1.17 bits per heavy atom. The summed E-state index contributed by atoms with van der Waals surface area (Å²) < 4.78 is 17.8.